The first-order chi connectivity index (χ1) is 7.60. The first-order valence-corrected chi connectivity index (χ1v) is 6.06. The van der Waals surface area contributed by atoms with Gasteiger partial charge >= 0.3 is 0 Å². The van der Waals surface area contributed by atoms with Crippen molar-refractivity contribution in [3.63, 3.8) is 0 Å². The van der Waals surface area contributed by atoms with Crippen LogP contribution < -0.4 is 5.73 Å². The quantitative estimate of drug-likeness (QED) is 0.609. The molecule has 0 amide bonds. The molecule has 16 heavy (non-hydrogen) atoms. The largest absolute Gasteiger partial charge is 0.385 e. The molecule has 0 spiro atoms. The maximum absolute atomic E-state index is 6.05. The number of nitrogens with zero attached hydrogens (tertiary/aromatic N) is 1. The van der Waals surface area contributed by atoms with Crippen molar-refractivity contribution in [3.05, 3.63) is 0 Å². The molecular formula is C12H28N2O2. The van der Waals surface area contributed by atoms with Crippen LogP contribution in [0.5, 0.6) is 0 Å². The van der Waals surface area contributed by atoms with E-state index in [9.17, 15) is 0 Å². The van der Waals surface area contributed by atoms with E-state index in [0.29, 0.717) is 5.92 Å². The molecule has 1 atom stereocenters. The number of rotatable bonds is 10. The molecule has 4 heteroatoms. The number of methoxy groups -OCH3 is 2. The Morgan fingerprint density at radius 1 is 1.06 bits per heavy atom. The maximum Gasteiger partial charge on any atom is 0.0589 e. The average Bonchev–Trinajstić information content (AvgIpc) is 2.22. The van der Waals surface area contributed by atoms with E-state index >= 15 is 0 Å². The number of ether oxygens (including phenoxy) is 2. The molecule has 0 fully saturated rings. The Labute approximate surface area is 100 Å². The van der Waals surface area contributed by atoms with Crippen LogP contribution in [0.3, 0.4) is 0 Å². The second kappa shape index (κ2) is 10.0. The van der Waals surface area contributed by atoms with Crippen molar-refractivity contribution in [2.24, 2.45) is 11.7 Å². The van der Waals surface area contributed by atoms with E-state index in [2.05, 4.69) is 18.7 Å². The molecule has 2 N–H and O–H groups in total. The van der Waals surface area contributed by atoms with Gasteiger partial charge in [0.2, 0.25) is 0 Å². The van der Waals surface area contributed by atoms with Crippen LogP contribution in [0.4, 0.5) is 0 Å². The molecule has 0 heterocycles. The molecule has 0 rings (SSSR count). The van der Waals surface area contributed by atoms with Gasteiger partial charge in [-0.25, -0.2) is 0 Å². The van der Waals surface area contributed by atoms with Gasteiger partial charge in [-0.3, -0.25) is 4.90 Å². The Morgan fingerprint density at radius 3 is 2.19 bits per heavy atom. The van der Waals surface area contributed by atoms with E-state index in [1.165, 1.54) is 0 Å². The molecule has 0 aromatic rings. The number of hydrogen-bond acceptors (Lipinski definition) is 4. The SMILES string of the molecule is COCCC(N)CN(CCOC)CC(C)C. The first-order valence-electron chi connectivity index (χ1n) is 6.06. The summed E-state index contributed by atoms with van der Waals surface area (Å²) >= 11 is 0. The lowest BCUT2D eigenvalue weighted by atomic mass is 10.1. The molecular weight excluding hydrogens is 204 g/mol. The summed E-state index contributed by atoms with van der Waals surface area (Å²) in [6.07, 6.45) is 0.915. The van der Waals surface area contributed by atoms with Crippen molar-refractivity contribution >= 4 is 0 Å². The van der Waals surface area contributed by atoms with Gasteiger partial charge in [0.25, 0.3) is 0 Å². The third kappa shape index (κ3) is 9.09. The second-order valence-corrected chi connectivity index (χ2v) is 4.69. The molecule has 0 bridgehead atoms. The molecule has 0 aromatic carbocycles. The summed E-state index contributed by atoms with van der Waals surface area (Å²) < 4.78 is 10.1. The minimum absolute atomic E-state index is 0.190. The predicted molar refractivity (Wildman–Crippen MR) is 67.6 cm³/mol. The van der Waals surface area contributed by atoms with Crippen molar-refractivity contribution in [2.75, 3.05) is 47.1 Å². The lowest BCUT2D eigenvalue weighted by Crippen LogP contribution is -2.41. The van der Waals surface area contributed by atoms with Gasteiger partial charge in [-0.2, -0.15) is 0 Å². The van der Waals surface area contributed by atoms with Crippen LogP contribution >= 0.6 is 0 Å². The minimum atomic E-state index is 0.190. The van der Waals surface area contributed by atoms with Crippen LogP contribution in [0.25, 0.3) is 0 Å². The van der Waals surface area contributed by atoms with Crippen LogP contribution in [0.1, 0.15) is 20.3 Å². The lowest BCUT2D eigenvalue weighted by molar-refractivity contribution is 0.128. The monoisotopic (exact) mass is 232 g/mol. The summed E-state index contributed by atoms with van der Waals surface area (Å²) in [5, 5.41) is 0. The predicted octanol–water partition coefficient (Wildman–Crippen LogP) is 0.955. The van der Waals surface area contributed by atoms with Crippen LogP contribution in [0.15, 0.2) is 0 Å². The van der Waals surface area contributed by atoms with E-state index in [0.717, 1.165) is 39.3 Å². The van der Waals surface area contributed by atoms with Crippen LogP contribution in [0, 0.1) is 5.92 Å². The van der Waals surface area contributed by atoms with Crippen molar-refractivity contribution in [2.45, 2.75) is 26.3 Å². The van der Waals surface area contributed by atoms with Gasteiger partial charge in [-0.15, -0.1) is 0 Å². The Kier molecular flexibility index (Phi) is 9.92. The standard InChI is InChI=1S/C12H28N2O2/c1-11(2)9-14(6-8-16-4)10-12(13)5-7-15-3/h11-12H,5-10,13H2,1-4H3. The minimum Gasteiger partial charge on any atom is -0.385 e. The van der Waals surface area contributed by atoms with E-state index in [4.69, 9.17) is 15.2 Å². The van der Waals surface area contributed by atoms with E-state index in [1.54, 1.807) is 14.2 Å². The maximum atomic E-state index is 6.05. The Morgan fingerprint density at radius 2 is 1.69 bits per heavy atom. The summed E-state index contributed by atoms with van der Waals surface area (Å²) in [6.45, 7) is 8.90. The lowest BCUT2D eigenvalue weighted by Gasteiger charge is -2.26. The van der Waals surface area contributed by atoms with Gasteiger partial charge in [0.15, 0.2) is 0 Å². The highest BCUT2D eigenvalue weighted by atomic mass is 16.5. The fourth-order valence-electron chi connectivity index (χ4n) is 1.69. The highest BCUT2D eigenvalue weighted by molar-refractivity contribution is 4.69. The van der Waals surface area contributed by atoms with Crippen molar-refractivity contribution in [1.82, 2.24) is 4.90 Å². The molecule has 0 saturated carbocycles. The van der Waals surface area contributed by atoms with E-state index in [1.807, 2.05) is 0 Å². The normalized spacial score (nSPS) is 13.7. The Bertz CT molecular complexity index is 154. The molecule has 0 saturated heterocycles. The molecule has 4 nitrogen and oxygen atoms in total. The van der Waals surface area contributed by atoms with Gasteiger partial charge in [0.1, 0.15) is 0 Å². The molecule has 0 aliphatic heterocycles. The summed E-state index contributed by atoms with van der Waals surface area (Å²) in [6, 6.07) is 0.190. The Hall–Kier alpha value is -0.160. The highest BCUT2D eigenvalue weighted by Crippen LogP contribution is 2.01. The summed E-state index contributed by atoms with van der Waals surface area (Å²) in [4.78, 5) is 2.37. The summed E-state index contributed by atoms with van der Waals surface area (Å²) in [7, 11) is 3.45. The smallest absolute Gasteiger partial charge is 0.0589 e. The van der Waals surface area contributed by atoms with Crippen molar-refractivity contribution < 1.29 is 9.47 Å². The van der Waals surface area contributed by atoms with Crippen molar-refractivity contribution in [1.29, 1.82) is 0 Å². The third-order valence-corrected chi connectivity index (χ3v) is 2.42. The fraction of sp³-hybridized carbons (Fsp3) is 1.00. The summed E-state index contributed by atoms with van der Waals surface area (Å²) in [5.41, 5.74) is 6.05. The molecule has 0 radical (unpaired) electrons. The van der Waals surface area contributed by atoms with Crippen molar-refractivity contribution in [3.8, 4) is 0 Å². The zero-order valence-corrected chi connectivity index (χ0v) is 11.2. The van der Waals surface area contributed by atoms with E-state index < -0.39 is 0 Å². The van der Waals surface area contributed by atoms with Crippen LogP contribution in [-0.2, 0) is 9.47 Å². The zero-order valence-electron chi connectivity index (χ0n) is 11.2. The zero-order chi connectivity index (χ0) is 12.4. The summed E-state index contributed by atoms with van der Waals surface area (Å²) in [5.74, 6) is 0.659. The van der Waals surface area contributed by atoms with Gasteiger partial charge in [0, 0.05) is 46.5 Å². The fourth-order valence-corrected chi connectivity index (χ4v) is 1.69. The number of nitrogens with two attached hydrogens (primary N) is 1. The molecule has 98 valence electrons. The first kappa shape index (κ1) is 15.8. The van der Waals surface area contributed by atoms with Gasteiger partial charge in [-0.1, -0.05) is 13.8 Å². The highest BCUT2D eigenvalue weighted by Gasteiger charge is 2.11. The second-order valence-electron chi connectivity index (χ2n) is 4.69. The van der Waals surface area contributed by atoms with Crippen LogP contribution in [-0.4, -0.2) is 58.0 Å². The van der Waals surface area contributed by atoms with Gasteiger partial charge < -0.3 is 15.2 Å². The molecule has 0 aromatic heterocycles. The average molecular weight is 232 g/mol. The molecule has 0 aliphatic carbocycles. The molecule has 0 aliphatic rings. The van der Waals surface area contributed by atoms with Gasteiger partial charge in [0.05, 0.1) is 6.61 Å². The van der Waals surface area contributed by atoms with E-state index in [-0.39, 0.29) is 6.04 Å². The third-order valence-electron chi connectivity index (χ3n) is 2.42. The number of hydrogen-bond donors (Lipinski definition) is 1. The Balaban J connectivity index is 3.87. The topological polar surface area (TPSA) is 47.7 Å². The van der Waals surface area contributed by atoms with Gasteiger partial charge in [-0.05, 0) is 12.3 Å². The molecule has 1 unspecified atom stereocenters. The van der Waals surface area contributed by atoms with Crippen LogP contribution in [0.2, 0.25) is 0 Å².